The number of nitrogens with one attached hydrogen (secondary N) is 1. The molecule has 116 valence electrons. The molecule has 0 aliphatic carbocycles. The Morgan fingerprint density at radius 1 is 1.29 bits per heavy atom. The molecule has 1 aromatic carbocycles. The molecule has 7 heteroatoms. The lowest BCUT2D eigenvalue weighted by Crippen LogP contribution is -2.42. The Balaban J connectivity index is 2.47. The van der Waals surface area contributed by atoms with Gasteiger partial charge < -0.3 is 15.2 Å². The van der Waals surface area contributed by atoms with Gasteiger partial charge >= 0.3 is 12.1 Å². The topological polar surface area (TPSA) is 75.6 Å². The maximum atomic E-state index is 11.6. The van der Waals surface area contributed by atoms with Crippen LogP contribution in [0.4, 0.5) is 4.79 Å². The van der Waals surface area contributed by atoms with Gasteiger partial charge in [0, 0.05) is 0 Å². The van der Waals surface area contributed by atoms with Gasteiger partial charge in [0.25, 0.3) is 0 Å². The van der Waals surface area contributed by atoms with Crippen LogP contribution in [-0.2, 0) is 16.1 Å². The number of carbonyl (C=O) groups is 2. The minimum atomic E-state index is -1.16. The van der Waals surface area contributed by atoms with Gasteiger partial charge in [-0.3, -0.25) is 0 Å². The summed E-state index contributed by atoms with van der Waals surface area (Å²) in [4.78, 5) is 22.0. The third kappa shape index (κ3) is 6.69. The van der Waals surface area contributed by atoms with E-state index in [0.29, 0.717) is 0 Å². The van der Waals surface area contributed by atoms with Crippen LogP contribution in [0.2, 0.25) is 0 Å². The van der Waals surface area contributed by atoms with Gasteiger partial charge in [0.1, 0.15) is 17.5 Å². The fourth-order valence-corrected chi connectivity index (χ4v) is 1.81. The number of hydrogen-bond acceptors (Lipinski definition) is 3. The molecular formula is C14H17Cl2NO4. The fraction of sp³-hybridized carbons (Fsp3) is 0.429. The van der Waals surface area contributed by atoms with Gasteiger partial charge in [-0.15, -0.1) is 23.2 Å². The van der Waals surface area contributed by atoms with Crippen molar-refractivity contribution in [2.24, 2.45) is 5.92 Å². The molecule has 21 heavy (non-hydrogen) atoms. The number of halogens is 2. The number of ether oxygens (including phenoxy) is 1. The van der Waals surface area contributed by atoms with Crippen molar-refractivity contribution in [2.45, 2.75) is 30.8 Å². The standard InChI is InChI=1S/C14H17Cl2NO4/c1-9(12(15)16)7-11(13(18)19)17-14(20)21-8-10-5-3-2-4-6-10/h2-6,9,11-12H,7-8H2,1H3,(H,17,20)(H,18,19)/t9-,11-/m0/s1. The molecule has 0 saturated carbocycles. The van der Waals surface area contributed by atoms with E-state index in [-0.39, 0.29) is 18.9 Å². The van der Waals surface area contributed by atoms with Gasteiger partial charge in [-0.2, -0.15) is 0 Å². The SMILES string of the molecule is C[C@@H](C[C@H](NC(=O)OCc1ccccc1)C(=O)O)C(Cl)Cl. The van der Waals surface area contributed by atoms with Crippen molar-refractivity contribution < 1.29 is 19.4 Å². The van der Waals surface area contributed by atoms with Crippen LogP contribution in [0.25, 0.3) is 0 Å². The van der Waals surface area contributed by atoms with Gasteiger partial charge in [-0.1, -0.05) is 37.3 Å². The minimum absolute atomic E-state index is 0.0716. The Morgan fingerprint density at radius 3 is 2.43 bits per heavy atom. The number of hydrogen-bond donors (Lipinski definition) is 2. The van der Waals surface area contributed by atoms with E-state index < -0.39 is 22.9 Å². The predicted molar refractivity (Wildman–Crippen MR) is 80.5 cm³/mol. The molecule has 0 bridgehead atoms. The van der Waals surface area contributed by atoms with Crippen LogP contribution < -0.4 is 5.32 Å². The average Bonchev–Trinajstić information content (AvgIpc) is 2.45. The molecule has 0 aliphatic heterocycles. The number of alkyl halides is 2. The van der Waals surface area contributed by atoms with Crippen LogP contribution in [0.1, 0.15) is 18.9 Å². The number of amides is 1. The Labute approximate surface area is 133 Å². The van der Waals surface area contributed by atoms with Gasteiger partial charge in [0.05, 0.1) is 0 Å². The highest BCUT2D eigenvalue weighted by molar-refractivity contribution is 6.44. The van der Waals surface area contributed by atoms with Crippen LogP contribution in [-0.4, -0.2) is 28.0 Å². The Hall–Kier alpha value is -1.46. The van der Waals surface area contributed by atoms with E-state index in [9.17, 15) is 9.59 Å². The van der Waals surface area contributed by atoms with Gasteiger partial charge in [-0.05, 0) is 17.9 Å². The van der Waals surface area contributed by atoms with E-state index in [4.69, 9.17) is 33.0 Å². The molecule has 1 rings (SSSR count). The number of aliphatic carboxylic acids is 1. The monoisotopic (exact) mass is 333 g/mol. The molecule has 0 fully saturated rings. The van der Waals surface area contributed by atoms with Gasteiger partial charge in [0.2, 0.25) is 0 Å². The minimum Gasteiger partial charge on any atom is -0.480 e. The number of carboxylic acids is 1. The predicted octanol–water partition coefficient (Wildman–Crippen LogP) is 3.20. The number of carbonyl (C=O) groups excluding carboxylic acids is 1. The molecule has 0 spiro atoms. The average molecular weight is 334 g/mol. The van der Waals surface area contributed by atoms with Crippen LogP contribution in [0.5, 0.6) is 0 Å². The quantitative estimate of drug-likeness (QED) is 0.751. The van der Waals surface area contributed by atoms with Crippen LogP contribution in [0.15, 0.2) is 30.3 Å². The summed E-state index contributed by atoms with van der Waals surface area (Å²) in [5.74, 6) is -1.43. The van der Waals surface area contributed by atoms with Crippen LogP contribution in [0.3, 0.4) is 0 Å². The normalized spacial score (nSPS) is 13.5. The number of carboxylic acid groups (broad SMARTS) is 1. The lowest BCUT2D eigenvalue weighted by molar-refractivity contribution is -0.139. The molecule has 0 saturated heterocycles. The Morgan fingerprint density at radius 2 is 1.90 bits per heavy atom. The Bertz CT molecular complexity index is 467. The second kappa shape index (κ2) is 8.74. The molecule has 2 N–H and O–H groups in total. The molecule has 0 aromatic heterocycles. The van der Waals surface area contributed by atoms with E-state index in [2.05, 4.69) is 5.32 Å². The molecule has 1 aromatic rings. The third-order valence-corrected chi connectivity index (χ3v) is 3.70. The first kappa shape index (κ1) is 17.6. The lowest BCUT2D eigenvalue weighted by atomic mass is 10.0. The zero-order chi connectivity index (χ0) is 15.8. The second-order valence-electron chi connectivity index (χ2n) is 4.64. The highest BCUT2D eigenvalue weighted by atomic mass is 35.5. The smallest absolute Gasteiger partial charge is 0.408 e. The van der Waals surface area contributed by atoms with E-state index in [1.165, 1.54) is 0 Å². The van der Waals surface area contributed by atoms with Crippen molar-refractivity contribution in [3.8, 4) is 0 Å². The molecule has 0 aliphatic rings. The van der Waals surface area contributed by atoms with Crippen molar-refractivity contribution in [1.82, 2.24) is 5.32 Å². The van der Waals surface area contributed by atoms with E-state index >= 15 is 0 Å². The first-order valence-corrected chi connectivity index (χ1v) is 7.25. The van der Waals surface area contributed by atoms with Gasteiger partial charge in [-0.25, -0.2) is 9.59 Å². The van der Waals surface area contributed by atoms with E-state index in [0.717, 1.165) is 5.56 Å². The second-order valence-corrected chi connectivity index (χ2v) is 5.81. The third-order valence-electron chi connectivity index (χ3n) is 2.84. The van der Waals surface area contributed by atoms with Crippen LogP contribution in [0, 0.1) is 5.92 Å². The number of alkyl carbamates (subject to hydrolysis) is 1. The van der Waals surface area contributed by atoms with Crippen molar-refractivity contribution in [3.63, 3.8) is 0 Å². The summed E-state index contributed by atoms with van der Waals surface area (Å²) in [6, 6.07) is 7.99. The highest BCUT2D eigenvalue weighted by Gasteiger charge is 2.25. The molecule has 0 radical (unpaired) electrons. The van der Waals surface area contributed by atoms with Gasteiger partial charge in [0.15, 0.2) is 0 Å². The largest absolute Gasteiger partial charge is 0.480 e. The van der Waals surface area contributed by atoms with Crippen LogP contribution >= 0.6 is 23.2 Å². The van der Waals surface area contributed by atoms with E-state index in [1.54, 1.807) is 19.1 Å². The van der Waals surface area contributed by atoms with Crippen molar-refractivity contribution in [2.75, 3.05) is 0 Å². The molecule has 1 amide bonds. The summed E-state index contributed by atoms with van der Waals surface area (Å²) in [5.41, 5.74) is 0.814. The maximum absolute atomic E-state index is 11.6. The molecule has 5 nitrogen and oxygen atoms in total. The summed E-state index contributed by atoms with van der Waals surface area (Å²) in [5, 5.41) is 11.4. The number of benzene rings is 1. The summed E-state index contributed by atoms with van der Waals surface area (Å²) in [6.45, 7) is 1.78. The summed E-state index contributed by atoms with van der Waals surface area (Å²) in [7, 11) is 0. The van der Waals surface area contributed by atoms with Crippen molar-refractivity contribution in [3.05, 3.63) is 35.9 Å². The molecule has 0 unspecified atom stereocenters. The maximum Gasteiger partial charge on any atom is 0.408 e. The zero-order valence-electron chi connectivity index (χ0n) is 11.5. The first-order valence-electron chi connectivity index (χ1n) is 6.38. The first-order chi connectivity index (χ1) is 9.90. The Kier molecular flexibility index (Phi) is 7.32. The highest BCUT2D eigenvalue weighted by Crippen LogP contribution is 2.19. The summed E-state index contributed by atoms with van der Waals surface area (Å²) >= 11 is 11.4. The summed E-state index contributed by atoms with van der Waals surface area (Å²) in [6.07, 6.45) is -0.674. The molecule has 2 atom stereocenters. The lowest BCUT2D eigenvalue weighted by Gasteiger charge is -2.19. The van der Waals surface area contributed by atoms with Crippen molar-refractivity contribution >= 4 is 35.3 Å². The molecular weight excluding hydrogens is 317 g/mol. The fourth-order valence-electron chi connectivity index (χ4n) is 1.60. The number of rotatable bonds is 7. The van der Waals surface area contributed by atoms with Crippen molar-refractivity contribution in [1.29, 1.82) is 0 Å². The molecule has 0 heterocycles. The zero-order valence-corrected chi connectivity index (χ0v) is 13.0. The van der Waals surface area contributed by atoms with E-state index in [1.807, 2.05) is 18.2 Å². The summed E-state index contributed by atoms with van der Waals surface area (Å²) < 4.78 is 4.97.